The van der Waals surface area contributed by atoms with E-state index in [4.69, 9.17) is 9.47 Å². The largest absolute Gasteiger partial charge is 0.462 e. The number of unbranched alkanes of at least 4 members (excludes halogenated alkanes) is 27. The lowest BCUT2D eigenvalue weighted by atomic mass is 10.0. The Balaban J connectivity index is 3.52. The van der Waals surface area contributed by atoms with E-state index in [2.05, 4.69) is 98.9 Å². The summed E-state index contributed by atoms with van der Waals surface area (Å²) in [6.07, 6.45) is 75.4. The third-order valence-corrected chi connectivity index (χ3v) is 11.7. The van der Waals surface area contributed by atoms with Gasteiger partial charge in [0, 0.05) is 12.8 Å². The predicted octanol–water partition coefficient (Wildman–Crippen LogP) is 18.2. The van der Waals surface area contributed by atoms with E-state index in [1.807, 2.05) is 0 Å². The summed E-state index contributed by atoms with van der Waals surface area (Å²) in [6, 6.07) is 0. The average molecular weight is 891 g/mol. The molecule has 1 N–H and O–H groups in total. The van der Waals surface area contributed by atoms with Gasteiger partial charge in [-0.2, -0.15) is 0 Å². The van der Waals surface area contributed by atoms with E-state index in [0.717, 1.165) is 77.0 Å². The van der Waals surface area contributed by atoms with Crippen LogP contribution < -0.4 is 0 Å². The number of rotatable bonds is 49. The fourth-order valence-corrected chi connectivity index (χ4v) is 7.61. The first-order chi connectivity index (χ1) is 31.6. The highest BCUT2D eigenvalue weighted by Gasteiger charge is 2.16. The van der Waals surface area contributed by atoms with Crippen molar-refractivity contribution in [3.63, 3.8) is 0 Å². The molecule has 0 aliphatic rings. The molecule has 0 radical (unpaired) electrons. The molecule has 5 heteroatoms. The molecule has 1 atom stereocenters. The van der Waals surface area contributed by atoms with Crippen molar-refractivity contribution < 1.29 is 24.2 Å². The highest BCUT2D eigenvalue weighted by atomic mass is 16.6. The quantitative estimate of drug-likeness (QED) is 0.0374. The van der Waals surface area contributed by atoms with Crippen LogP contribution in [0.4, 0.5) is 0 Å². The van der Waals surface area contributed by atoms with Crippen molar-refractivity contribution >= 4 is 11.9 Å². The second-order valence-electron chi connectivity index (χ2n) is 17.9. The maximum Gasteiger partial charge on any atom is 0.306 e. The molecule has 0 aromatic rings. The Hall–Kier alpha value is -2.92. The minimum atomic E-state index is -0.778. The van der Waals surface area contributed by atoms with Crippen molar-refractivity contribution in [2.75, 3.05) is 13.2 Å². The highest BCUT2D eigenvalue weighted by Crippen LogP contribution is 2.15. The molecule has 64 heavy (non-hydrogen) atoms. The van der Waals surface area contributed by atoms with Gasteiger partial charge in [-0.15, -0.1) is 0 Å². The lowest BCUT2D eigenvalue weighted by Gasteiger charge is -2.15. The predicted molar refractivity (Wildman–Crippen MR) is 279 cm³/mol. The van der Waals surface area contributed by atoms with Crippen molar-refractivity contribution in [3.8, 4) is 0 Å². The van der Waals surface area contributed by atoms with Crippen LogP contribution in [0.25, 0.3) is 0 Å². The van der Waals surface area contributed by atoms with Crippen molar-refractivity contribution in [2.24, 2.45) is 0 Å². The van der Waals surface area contributed by atoms with Gasteiger partial charge < -0.3 is 14.6 Å². The zero-order valence-electron chi connectivity index (χ0n) is 42.0. The summed E-state index contributed by atoms with van der Waals surface area (Å²) in [7, 11) is 0. The van der Waals surface area contributed by atoms with Crippen LogP contribution in [0, 0.1) is 0 Å². The van der Waals surface area contributed by atoms with Gasteiger partial charge in [0.25, 0.3) is 0 Å². The molecule has 0 fully saturated rings. The van der Waals surface area contributed by atoms with E-state index in [1.165, 1.54) is 154 Å². The number of carbonyl (C=O) groups is 2. The van der Waals surface area contributed by atoms with Crippen LogP contribution in [0.2, 0.25) is 0 Å². The summed E-state index contributed by atoms with van der Waals surface area (Å²) < 4.78 is 10.7. The summed E-state index contributed by atoms with van der Waals surface area (Å²) in [4.78, 5) is 24.5. The first kappa shape index (κ1) is 61.1. The van der Waals surface area contributed by atoms with E-state index < -0.39 is 6.10 Å². The molecule has 0 saturated heterocycles. The van der Waals surface area contributed by atoms with Crippen molar-refractivity contribution in [2.45, 2.75) is 264 Å². The standard InChI is InChI=1S/C59H102O5/c1-3-5-7-9-11-13-15-17-19-21-23-24-25-26-27-28-29-30-31-32-33-34-36-38-40-42-44-46-48-50-52-54-59(62)64-57(55-60)56-63-58(61)53-51-49-47-45-43-41-39-37-35-22-20-18-16-14-12-10-8-6-4-2/h5,7,11,13,17-20,23-24,26-27,29-30,57,60H,3-4,6,8-10,12,14-16,21-22,25,28,31-56H2,1-2H3/b7-5-,13-11-,19-17-,20-18-,24-23-,27-26-,30-29-. The van der Waals surface area contributed by atoms with Crippen molar-refractivity contribution in [1.29, 1.82) is 0 Å². The van der Waals surface area contributed by atoms with Gasteiger partial charge in [-0.25, -0.2) is 0 Å². The second kappa shape index (κ2) is 54.4. The van der Waals surface area contributed by atoms with Crippen LogP contribution in [0.5, 0.6) is 0 Å². The Morgan fingerprint density at radius 2 is 0.672 bits per heavy atom. The van der Waals surface area contributed by atoms with Gasteiger partial charge in [0.2, 0.25) is 0 Å². The SMILES string of the molecule is CC/C=C\C/C=C\C/C=C\C/C=C\C/C=C\C/C=C\CCCCCCCCCCCCCCC(=O)OC(CO)COC(=O)CCCCCCCCCCC/C=C\CCCCCCCC. The molecule has 0 aliphatic heterocycles. The average Bonchev–Trinajstić information content (AvgIpc) is 3.30. The first-order valence-electron chi connectivity index (χ1n) is 27.1. The molecule has 0 aromatic carbocycles. The number of carbonyl (C=O) groups excluding carboxylic acids is 2. The van der Waals surface area contributed by atoms with Gasteiger partial charge in [0.15, 0.2) is 6.10 Å². The number of allylic oxidation sites excluding steroid dienone is 14. The van der Waals surface area contributed by atoms with E-state index in [-0.39, 0.29) is 25.2 Å². The van der Waals surface area contributed by atoms with Crippen LogP contribution in [0.1, 0.15) is 258 Å². The minimum absolute atomic E-state index is 0.0691. The third-order valence-electron chi connectivity index (χ3n) is 11.7. The Morgan fingerprint density at radius 3 is 1.03 bits per heavy atom. The van der Waals surface area contributed by atoms with Gasteiger partial charge in [-0.05, 0) is 89.9 Å². The molecule has 0 saturated carbocycles. The number of ether oxygens (including phenoxy) is 2. The normalized spacial score (nSPS) is 12.9. The van der Waals surface area contributed by atoms with Gasteiger partial charge in [0.05, 0.1) is 6.61 Å². The lowest BCUT2D eigenvalue weighted by Crippen LogP contribution is -2.28. The van der Waals surface area contributed by atoms with Gasteiger partial charge in [-0.3, -0.25) is 9.59 Å². The fraction of sp³-hybridized carbons (Fsp3) is 0.729. The molecule has 0 spiro atoms. The molecule has 0 aliphatic carbocycles. The lowest BCUT2D eigenvalue weighted by molar-refractivity contribution is -0.161. The van der Waals surface area contributed by atoms with Gasteiger partial charge >= 0.3 is 11.9 Å². The fourth-order valence-electron chi connectivity index (χ4n) is 7.61. The molecular weight excluding hydrogens is 789 g/mol. The summed E-state index contributed by atoms with van der Waals surface area (Å²) in [5.74, 6) is -0.591. The van der Waals surface area contributed by atoms with Crippen molar-refractivity contribution in [1.82, 2.24) is 0 Å². The zero-order valence-corrected chi connectivity index (χ0v) is 42.0. The topological polar surface area (TPSA) is 72.8 Å². The molecule has 368 valence electrons. The summed E-state index contributed by atoms with van der Waals surface area (Å²) in [6.45, 7) is 4.03. The van der Waals surface area contributed by atoms with Crippen molar-refractivity contribution in [3.05, 3.63) is 85.1 Å². The Kier molecular flexibility index (Phi) is 51.9. The number of esters is 2. The van der Waals surface area contributed by atoms with Crippen LogP contribution >= 0.6 is 0 Å². The Labute approximate surface area is 396 Å². The molecule has 0 bridgehead atoms. The zero-order chi connectivity index (χ0) is 46.3. The molecule has 5 nitrogen and oxygen atoms in total. The molecule has 0 aromatic heterocycles. The number of hydrogen-bond donors (Lipinski definition) is 1. The van der Waals surface area contributed by atoms with Gasteiger partial charge in [-0.1, -0.05) is 240 Å². The van der Waals surface area contributed by atoms with E-state index in [9.17, 15) is 14.7 Å². The van der Waals surface area contributed by atoms with Crippen LogP contribution in [0.15, 0.2) is 85.1 Å². The minimum Gasteiger partial charge on any atom is -0.462 e. The number of hydrogen-bond acceptors (Lipinski definition) is 5. The van der Waals surface area contributed by atoms with Crippen LogP contribution in [-0.4, -0.2) is 36.4 Å². The third kappa shape index (κ3) is 51.7. The molecular formula is C59H102O5. The summed E-state index contributed by atoms with van der Waals surface area (Å²) in [5, 5.41) is 9.64. The Bertz CT molecular complexity index is 1190. The molecule has 0 amide bonds. The number of aliphatic hydroxyl groups excluding tert-OH is 1. The number of aliphatic hydroxyl groups is 1. The van der Waals surface area contributed by atoms with E-state index >= 15 is 0 Å². The maximum absolute atomic E-state index is 12.3. The smallest absolute Gasteiger partial charge is 0.306 e. The summed E-state index contributed by atoms with van der Waals surface area (Å²) in [5.41, 5.74) is 0. The maximum atomic E-state index is 12.3. The van der Waals surface area contributed by atoms with Crippen LogP contribution in [0.3, 0.4) is 0 Å². The summed E-state index contributed by atoms with van der Waals surface area (Å²) >= 11 is 0. The van der Waals surface area contributed by atoms with E-state index in [1.54, 1.807) is 0 Å². The highest BCUT2D eigenvalue weighted by molar-refractivity contribution is 5.70. The molecule has 0 heterocycles. The van der Waals surface area contributed by atoms with Gasteiger partial charge in [0.1, 0.15) is 6.61 Å². The van der Waals surface area contributed by atoms with E-state index in [0.29, 0.717) is 12.8 Å². The molecule has 1 unspecified atom stereocenters. The molecule has 0 rings (SSSR count). The Morgan fingerprint density at radius 1 is 0.375 bits per heavy atom. The second-order valence-corrected chi connectivity index (χ2v) is 17.9. The monoisotopic (exact) mass is 891 g/mol. The van der Waals surface area contributed by atoms with Crippen LogP contribution in [-0.2, 0) is 19.1 Å². The first-order valence-corrected chi connectivity index (χ1v) is 27.1.